The second-order valence-electron chi connectivity index (χ2n) is 7.05. The van der Waals surface area contributed by atoms with Crippen molar-refractivity contribution in [3.05, 3.63) is 40.5 Å². The number of benzene rings is 1. The number of amides is 1. The maximum Gasteiger partial charge on any atom is 0.253 e. The molecule has 1 aliphatic rings. The van der Waals surface area contributed by atoms with Gasteiger partial charge in [0.05, 0.1) is 10.6 Å². The lowest BCUT2D eigenvalue weighted by Gasteiger charge is -2.29. The molecule has 1 fully saturated rings. The van der Waals surface area contributed by atoms with Gasteiger partial charge < -0.3 is 14.7 Å². The summed E-state index contributed by atoms with van der Waals surface area (Å²) in [6.45, 7) is 7.82. The molecule has 2 aromatic rings. The van der Waals surface area contributed by atoms with E-state index in [-0.39, 0.29) is 11.8 Å². The summed E-state index contributed by atoms with van der Waals surface area (Å²) in [6, 6.07) is 5.23. The van der Waals surface area contributed by atoms with Gasteiger partial charge in [0.15, 0.2) is 5.82 Å². The highest BCUT2D eigenvalue weighted by atomic mass is 35.5. The van der Waals surface area contributed by atoms with Crippen LogP contribution in [0.2, 0.25) is 5.02 Å². The molecule has 1 N–H and O–H groups in total. The lowest BCUT2D eigenvalue weighted by atomic mass is 10.1. The van der Waals surface area contributed by atoms with Crippen LogP contribution in [-0.4, -0.2) is 29.1 Å². The monoisotopic (exact) mass is 376 g/mol. The van der Waals surface area contributed by atoms with Crippen molar-refractivity contribution in [2.45, 2.75) is 52.0 Å². The highest BCUT2D eigenvalue weighted by Crippen LogP contribution is 2.26. The van der Waals surface area contributed by atoms with Crippen LogP contribution in [0.5, 0.6) is 0 Å². The summed E-state index contributed by atoms with van der Waals surface area (Å²) in [6.07, 6.45) is 3.62. The van der Waals surface area contributed by atoms with Gasteiger partial charge in [-0.15, -0.1) is 0 Å². The lowest BCUT2D eigenvalue weighted by molar-refractivity contribution is 0.0932. The Morgan fingerprint density at radius 2 is 1.96 bits per heavy atom. The van der Waals surface area contributed by atoms with E-state index in [1.54, 1.807) is 6.07 Å². The van der Waals surface area contributed by atoms with Gasteiger partial charge in [-0.3, -0.25) is 4.79 Å². The second-order valence-corrected chi connectivity index (χ2v) is 7.46. The molecular weight excluding hydrogens is 352 g/mol. The Morgan fingerprint density at radius 1 is 1.23 bits per heavy atom. The van der Waals surface area contributed by atoms with E-state index in [1.165, 1.54) is 19.3 Å². The average molecular weight is 377 g/mol. The van der Waals surface area contributed by atoms with Crippen molar-refractivity contribution in [1.82, 2.24) is 15.5 Å². The molecular formula is C19H25ClN4O2. The number of anilines is 1. The predicted octanol–water partition coefficient (Wildman–Crippen LogP) is 4.33. The highest BCUT2D eigenvalue weighted by molar-refractivity contribution is 6.34. The van der Waals surface area contributed by atoms with E-state index in [9.17, 15) is 4.79 Å². The summed E-state index contributed by atoms with van der Waals surface area (Å²) in [5, 5.41) is 7.27. The number of nitrogens with one attached hydrogen (secondary N) is 1. The molecule has 0 unspecified atom stereocenters. The molecule has 1 aromatic heterocycles. The predicted molar refractivity (Wildman–Crippen MR) is 102 cm³/mol. The quantitative estimate of drug-likeness (QED) is 0.840. The van der Waals surface area contributed by atoms with Gasteiger partial charge >= 0.3 is 0 Å². The van der Waals surface area contributed by atoms with Crippen molar-refractivity contribution >= 4 is 23.2 Å². The summed E-state index contributed by atoms with van der Waals surface area (Å²) in [4.78, 5) is 19.4. The van der Waals surface area contributed by atoms with E-state index in [0.29, 0.717) is 22.3 Å². The fourth-order valence-electron chi connectivity index (χ4n) is 3.03. The number of hydrogen-bond acceptors (Lipinski definition) is 5. The Balaban J connectivity index is 1.73. The Labute approximate surface area is 158 Å². The van der Waals surface area contributed by atoms with E-state index < -0.39 is 6.04 Å². The smallest absolute Gasteiger partial charge is 0.253 e. The van der Waals surface area contributed by atoms with Crippen molar-refractivity contribution in [2.75, 3.05) is 18.0 Å². The van der Waals surface area contributed by atoms with E-state index in [4.69, 9.17) is 16.1 Å². The van der Waals surface area contributed by atoms with Crippen molar-refractivity contribution in [3.8, 4) is 0 Å². The second kappa shape index (κ2) is 8.08. The molecule has 0 radical (unpaired) electrons. The zero-order valence-corrected chi connectivity index (χ0v) is 16.2. The molecule has 3 rings (SSSR count). The Bertz CT molecular complexity index is 769. The van der Waals surface area contributed by atoms with Gasteiger partial charge in [0.1, 0.15) is 6.04 Å². The first-order valence-electron chi connectivity index (χ1n) is 9.14. The summed E-state index contributed by atoms with van der Waals surface area (Å²) in [5.41, 5.74) is 1.50. The van der Waals surface area contributed by atoms with Crippen molar-refractivity contribution in [3.63, 3.8) is 0 Å². The molecule has 1 atom stereocenters. The van der Waals surface area contributed by atoms with E-state index in [1.807, 2.05) is 32.9 Å². The van der Waals surface area contributed by atoms with Crippen molar-refractivity contribution in [1.29, 1.82) is 0 Å². The summed E-state index contributed by atoms with van der Waals surface area (Å²) < 4.78 is 5.26. The van der Waals surface area contributed by atoms with E-state index in [2.05, 4.69) is 20.4 Å². The first-order chi connectivity index (χ1) is 12.5. The van der Waals surface area contributed by atoms with Crippen LogP contribution in [0.1, 0.15) is 74.1 Å². The number of carbonyl (C=O) groups excluding carboxylic acids is 1. The number of nitrogens with zero attached hydrogens (tertiary/aromatic N) is 3. The average Bonchev–Trinajstić information content (AvgIpc) is 3.13. The van der Waals surface area contributed by atoms with Crippen LogP contribution in [0, 0.1) is 0 Å². The number of piperidine rings is 1. The number of hydrogen-bond donors (Lipinski definition) is 1. The summed E-state index contributed by atoms with van der Waals surface area (Å²) >= 11 is 6.27. The molecule has 1 aliphatic heterocycles. The zero-order valence-electron chi connectivity index (χ0n) is 15.5. The third-order valence-electron chi connectivity index (χ3n) is 4.61. The van der Waals surface area contributed by atoms with Crippen molar-refractivity contribution < 1.29 is 9.32 Å². The van der Waals surface area contributed by atoms with Crippen LogP contribution in [0.4, 0.5) is 5.69 Å². The molecule has 140 valence electrons. The molecule has 0 bridgehead atoms. The van der Waals surface area contributed by atoms with Gasteiger partial charge in [0, 0.05) is 24.7 Å². The fraction of sp³-hybridized carbons (Fsp3) is 0.526. The maximum absolute atomic E-state index is 12.7. The van der Waals surface area contributed by atoms with Crippen LogP contribution in [0.15, 0.2) is 22.7 Å². The Hall–Kier alpha value is -2.08. The molecule has 0 spiro atoms. The molecule has 2 heterocycles. The summed E-state index contributed by atoms with van der Waals surface area (Å²) in [7, 11) is 0. The van der Waals surface area contributed by atoms with Crippen LogP contribution in [0.3, 0.4) is 0 Å². The largest absolute Gasteiger partial charge is 0.372 e. The molecule has 26 heavy (non-hydrogen) atoms. The van der Waals surface area contributed by atoms with Crippen LogP contribution >= 0.6 is 11.6 Å². The normalized spacial score (nSPS) is 16.0. The third kappa shape index (κ3) is 4.18. The molecule has 1 amide bonds. The van der Waals surface area contributed by atoms with Gasteiger partial charge in [-0.2, -0.15) is 4.98 Å². The summed E-state index contributed by atoms with van der Waals surface area (Å²) in [5.74, 6) is 0.952. The van der Waals surface area contributed by atoms with Gasteiger partial charge in [0.25, 0.3) is 5.91 Å². The zero-order chi connectivity index (χ0) is 18.7. The number of aromatic nitrogens is 2. The van der Waals surface area contributed by atoms with Gasteiger partial charge in [-0.05, 0) is 44.4 Å². The molecule has 6 nitrogen and oxygen atoms in total. The van der Waals surface area contributed by atoms with Crippen LogP contribution in [-0.2, 0) is 0 Å². The minimum atomic E-state index is -0.391. The Kier molecular flexibility index (Phi) is 5.81. The topological polar surface area (TPSA) is 71.3 Å². The molecule has 0 aliphatic carbocycles. The SMILES string of the molecule is CC(C)c1noc([C@@H](C)NC(=O)c2cc(N3CCCCC3)ccc2Cl)n1. The van der Waals surface area contributed by atoms with Gasteiger partial charge in [-0.1, -0.05) is 30.6 Å². The number of halogens is 1. The standard InChI is InChI=1S/C19H25ClN4O2/c1-12(2)17-22-19(26-23-17)13(3)21-18(25)15-11-14(7-8-16(15)20)24-9-5-4-6-10-24/h7-8,11-13H,4-6,9-10H2,1-3H3,(H,21,25)/t13-/m1/s1. The lowest BCUT2D eigenvalue weighted by Crippen LogP contribution is -2.30. The fourth-order valence-corrected chi connectivity index (χ4v) is 3.23. The first kappa shape index (κ1) is 18.7. The maximum atomic E-state index is 12.7. The van der Waals surface area contributed by atoms with E-state index >= 15 is 0 Å². The number of carbonyl (C=O) groups is 1. The minimum Gasteiger partial charge on any atom is -0.372 e. The minimum absolute atomic E-state index is 0.172. The van der Waals surface area contributed by atoms with Crippen LogP contribution < -0.4 is 10.2 Å². The number of rotatable bonds is 5. The molecule has 0 saturated carbocycles. The van der Waals surface area contributed by atoms with E-state index in [0.717, 1.165) is 18.8 Å². The molecule has 1 aromatic carbocycles. The van der Waals surface area contributed by atoms with Crippen LogP contribution in [0.25, 0.3) is 0 Å². The molecule has 1 saturated heterocycles. The molecule has 7 heteroatoms. The van der Waals surface area contributed by atoms with Crippen molar-refractivity contribution in [2.24, 2.45) is 0 Å². The highest BCUT2D eigenvalue weighted by Gasteiger charge is 2.21. The van der Waals surface area contributed by atoms with Gasteiger partial charge in [-0.25, -0.2) is 0 Å². The third-order valence-corrected chi connectivity index (χ3v) is 4.94. The van der Waals surface area contributed by atoms with Gasteiger partial charge in [0.2, 0.25) is 5.89 Å². The first-order valence-corrected chi connectivity index (χ1v) is 9.52. The Morgan fingerprint density at radius 3 is 2.62 bits per heavy atom.